The number of carbonyl (C=O) groups excluding carboxylic acids is 1. The molecule has 0 saturated heterocycles. The summed E-state index contributed by atoms with van der Waals surface area (Å²) in [5.74, 6) is -1.55. The highest BCUT2D eigenvalue weighted by atomic mass is 32.2. The van der Waals surface area contributed by atoms with Gasteiger partial charge in [-0.25, -0.2) is 14.6 Å². The van der Waals surface area contributed by atoms with Crippen molar-refractivity contribution in [3.05, 3.63) is 126 Å². The maximum atomic E-state index is 13.9. The van der Waals surface area contributed by atoms with Gasteiger partial charge in [-0.15, -0.1) is 11.8 Å². The predicted molar refractivity (Wildman–Crippen MR) is 153 cm³/mol. The number of fused-ring (bicyclic) bond motifs is 1. The Balaban J connectivity index is 1.78. The lowest BCUT2D eigenvalue weighted by molar-refractivity contribution is -0.138. The third-order valence-electron chi connectivity index (χ3n) is 6.26. The molecule has 0 saturated carbocycles. The van der Waals surface area contributed by atoms with Crippen molar-refractivity contribution in [3.8, 4) is 0 Å². The smallest absolute Gasteiger partial charge is 0.338 e. The van der Waals surface area contributed by atoms with Crippen LogP contribution < -0.4 is 14.9 Å². The van der Waals surface area contributed by atoms with Crippen molar-refractivity contribution >= 4 is 46.8 Å². The fourth-order valence-corrected chi connectivity index (χ4v) is 5.82. The SMILES string of the molecule is CCOC(=O)C1=C(c2ccccc2)N=c2s/c(=C\c3ccc(C(=O)O)cc3)c(=O)n2[C@@H]1c1ccc(SC)cc1. The average molecular weight is 557 g/mol. The summed E-state index contributed by atoms with van der Waals surface area (Å²) >= 11 is 2.82. The molecule has 2 heterocycles. The molecule has 0 amide bonds. The number of esters is 1. The van der Waals surface area contributed by atoms with E-state index in [2.05, 4.69) is 0 Å². The first-order valence-electron chi connectivity index (χ1n) is 12.2. The number of carbonyl (C=O) groups is 2. The second kappa shape index (κ2) is 11.3. The highest BCUT2D eigenvalue weighted by Crippen LogP contribution is 2.35. The van der Waals surface area contributed by atoms with E-state index in [9.17, 15) is 19.5 Å². The number of rotatable bonds is 7. The van der Waals surface area contributed by atoms with Crippen LogP contribution in [-0.4, -0.2) is 34.5 Å². The van der Waals surface area contributed by atoms with Crippen LogP contribution >= 0.6 is 23.1 Å². The van der Waals surface area contributed by atoms with E-state index < -0.39 is 18.0 Å². The van der Waals surface area contributed by atoms with Gasteiger partial charge in [-0.05, 0) is 54.6 Å². The van der Waals surface area contributed by atoms with Crippen molar-refractivity contribution in [3.63, 3.8) is 0 Å². The van der Waals surface area contributed by atoms with Gasteiger partial charge in [0.25, 0.3) is 5.56 Å². The van der Waals surface area contributed by atoms with Gasteiger partial charge in [0.05, 0.1) is 34.0 Å². The molecule has 0 unspecified atom stereocenters. The summed E-state index contributed by atoms with van der Waals surface area (Å²) in [5.41, 5.74) is 2.81. The minimum atomic E-state index is -1.02. The Hall–Kier alpha value is -4.21. The van der Waals surface area contributed by atoms with Crippen LogP contribution in [-0.2, 0) is 9.53 Å². The number of nitrogens with zero attached hydrogens (tertiary/aromatic N) is 2. The average Bonchev–Trinajstić information content (AvgIpc) is 3.27. The zero-order chi connectivity index (χ0) is 27.5. The number of benzene rings is 3. The zero-order valence-electron chi connectivity index (χ0n) is 21.2. The molecule has 0 fully saturated rings. The van der Waals surface area contributed by atoms with E-state index in [1.807, 2.05) is 60.9 Å². The number of aromatic carboxylic acids is 1. The van der Waals surface area contributed by atoms with Crippen LogP contribution in [0.3, 0.4) is 0 Å². The normalized spacial score (nSPS) is 15.0. The van der Waals surface area contributed by atoms with Crippen molar-refractivity contribution in [2.45, 2.75) is 17.9 Å². The van der Waals surface area contributed by atoms with E-state index in [1.165, 1.54) is 23.5 Å². The molecule has 1 atom stereocenters. The van der Waals surface area contributed by atoms with Crippen LogP contribution in [0.5, 0.6) is 0 Å². The number of ether oxygens (including phenoxy) is 1. The second-order valence-corrected chi connectivity index (χ2v) is 10.5. The molecule has 1 aliphatic heterocycles. The first-order chi connectivity index (χ1) is 18.9. The van der Waals surface area contributed by atoms with Gasteiger partial charge in [-0.3, -0.25) is 9.36 Å². The lowest BCUT2D eigenvalue weighted by Crippen LogP contribution is -2.40. The molecule has 39 heavy (non-hydrogen) atoms. The minimum Gasteiger partial charge on any atom is -0.478 e. The number of hydrogen-bond acceptors (Lipinski definition) is 7. The molecular formula is C30H24N2O5S2. The Bertz CT molecular complexity index is 1750. The van der Waals surface area contributed by atoms with Crippen molar-refractivity contribution in [1.29, 1.82) is 0 Å². The summed E-state index contributed by atoms with van der Waals surface area (Å²) in [7, 11) is 0. The molecule has 0 spiro atoms. The lowest BCUT2D eigenvalue weighted by Gasteiger charge is -2.26. The van der Waals surface area contributed by atoms with Gasteiger partial charge in [0.15, 0.2) is 4.80 Å². The molecule has 7 nitrogen and oxygen atoms in total. The van der Waals surface area contributed by atoms with Crippen LogP contribution in [0, 0.1) is 0 Å². The first-order valence-corrected chi connectivity index (χ1v) is 14.2. The third-order valence-corrected chi connectivity index (χ3v) is 7.99. The van der Waals surface area contributed by atoms with Crippen molar-refractivity contribution in [2.75, 3.05) is 12.9 Å². The monoisotopic (exact) mass is 556 g/mol. The molecule has 5 rings (SSSR count). The molecule has 0 radical (unpaired) electrons. The largest absolute Gasteiger partial charge is 0.478 e. The number of aromatic nitrogens is 1. The van der Waals surface area contributed by atoms with E-state index >= 15 is 0 Å². The lowest BCUT2D eigenvalue weighted by atomic mass is 9.93. The summed E-state index contributed by atoms with van der Waals surface area (Å²) in [5, 5.41) is 9.20. The second-order valence-electron chi connectivity index (χ2n) is 8.63. The number of carboxylic acids is 1. The van der Waals surface area contributed by atoms with Crippen molar-refractivity contribution in [1.82, 2.24) is 4.57 Å². The first kappa shape index (κ1) is 26.4. The Labute approximate surface area is 232 Å². The van der Waals surface area contributed by atoms with Crippen LogP contribution in [0.4, 0.5) is 0 Å². The number of hydrogen-bond donors (Lipinski definition) is 1. The van der Waals surface area contributed by atoms with Gasteiger partial charge < -0.3 is 9.84 Å². The Morgan fingerprint density at radius 3 is 2.36 bits per heavy atom. The van der Waals surface area contributed by atoms with E-state index in [1.54, 1.807) is 41.5 Å². The zero-order valence-corrected chi connectivity index (χ0v) is 22.8. The highest BCUT2D eigenvalue weighted by molar-refractivity contribution is 7.98. The molecule has 0 aliphatic carbocycles. The van der Waals surface area contributed by atoms with Gasteiger partial charge in [0.2, 0.25) is 0 Å². The van der Waals surface area contributed by atoms with Gasteiger partial charge >= 0.3 is 11.9 Å². The summed E-state index contributed by atoms with van der Waals surface area (Å²) in [6.07, 6.45) is 3.69. The summed E-state index contributed by atoms with van der Waals surface area (Å²) in [4.78, 5) is 44.9. The van der Waals surface area contributed by atoms with E-state index in [0.717, 1.165) is 16.0 Å². The Kier molecular flexibility index (Phi) is 7.63. The van der Waals surface area contributed by atoms with Crippen LogP contribution in [0.2, 0.25) is 0 Å². The number of carboxylic acid groups (broad SMARTS) is 1. The third kappa shape index (κ3) is 5.23. The van der Waals surface area contributed by atoms with Crippen molar-refractivity contribution < 1.29 is 19.4 Å². The molecule has 3 aromatic carbocycles. The maximum absolute atomic E-state index is 13.9. The summed E-state index contributed by atoms with van der Waals surface area (Å²) in [6, 6.07) is 22.7. The molecule has 1 aliphatic rings. The Morgan fingerprint density at radius 1 is 1.05 bits per heavy atom. The summed E-state index contributed by atoms with van der Waals surface area (Å²) in [6.45, 7) is 1.92. The van der Waals surface area contributed by atoms with Crippen LogP contribution in [0.25, 0.3) is 11.8 Å². The number of thiazole rings is 1. The van der Waals surface area contributed by atoms with Crippen LogP contribution in [0.1, 0.15) is 40.0 Å². The molecule has 1 N–H and O–H groups in total. The van der Waals surface area contributed by atoms with Crippen LogP contribution in [0.15, 0.2) is 99.1 Å². The molecular weight excluding hydrogens is 532 g/mol. The van der Waals surface area contributed by atoms with Crippen molar-refractivity contribution in [2.24, 2.45) is 4.99 Å². The predicted octanol–water partition coefficient (Wildman–Crippen LogP) is 4.36. The fraction of sp³-hybridized carbons (Fsp3) is 0.133. The van der Waals surface area contributed by atoms with Gasteiger partial charge in [0, 0.05) is 10.5 Å². The van der Waals surface area contributed by atoms with E-state index in [4.69, 9.17) is 9.73 Å². The highest BCUT2D eigenvalue weighted by Gasteiger charge is 2.35. The Morgan fingerprint density at radius 2 is 1.74 bits per heavy atom. The molecule has 0 bridgehead atoms. The number of thioether (sulfide) groups is 1. The van der Waals surface area contributed by atoms with E-state index in [-0.39, 0.29) is 17.7 Å². The molecule has 4 aromatic rings. The quantitative estimate of drug-likeness (QED) is 0.268. The van der Waals surface area contributed by atoms with E-state index in [0.29, 0.717) is 26.2 Å². The fourth-order valence-electron chi connectivity index (χ4n) is 4.42. The van der Waals surface area contributed by atoms with Gasteiger partial charge in [0.1, 0.15) is 0 Å². The topological polar surface area (TPSA) is 98.0 Å². The summed E-state index contributed by atoms with van der Waals surface area (Å²) < 4.78 is 7.46. The maximum Gasteiger partial charge on any atom is 0.338 e. The van der Waals surface area contributed by atoms with Gasteiger partial charge in [-0.2, -0.15) is 0 Å². The minimum absolute atomic E-state index is 0.161. The standard InChI is InChI=1S/C30H24N2O5S2/c1-3-37-29(36)24-25(19-7-5-4-6-8-19)31-30-32(26(24)20-13-15-22(38-2)16-14-20)27(33)23(39-30)17-18-9-11-21(12-10-18)28(34)35/h4-17,26H,3H2,1-2H3,(H,34,35)/b23-17-/t26-/m1/s1. The molecule has 1 aromatic heterocycles. The van der Waals surface area contributed by atoms with Gasteiger partial charge in [-0.1, -0.05) is 65.9 Å². The molecule has 196 valence electrons. The molecule has 9 heteroatoms.